The highest BCUT2D eigenvalue weighted by molar-refractivity contribution is 5.45. The molecule has 0 aliphatic heterocycles. The third-order valence-corrected chi connectivity index (χ3v) is 2.07. The molecule has 16 heavy (non-hydrogen) atoms. The van der Waals surface area contributed by atoms with Gasteiger partial charge in [0.25, 0.3) is 5.69 Å². The van der Waals surface area contributed by atoms with E-state index >= 15 is 0 Å². The number of rotatable bonds is 4. The third-order valence-electron chi connectivity index (χ3n) is 2.07. The number of non-ortho nitro benzene ring substituents is 1. The van der Waals surface area contributed by atoms with E-state index < -0.39 is 11.0 Å². The SMILES string of the molecule is COc1cc([N+](=O)[O-])ccc1C(O)CC#N. The van der Waals surface area contributed by atoms with Crippen molar-refractivity contribution in [1.29, 1.82) is 5.26 Å². The summed E-state index contributed by atoms with van der Waals surface area (Å²) in [4.78, 5) is 9.96. The maximum Gasteiger partial charge on any atom is 0.273 e. The highest BCUT2D eigenvalue weighted by Crippen LogP contribution is 2.30. The van der Waals surface area contributed by atoms with Crippen molar-refractivity contribution in [2.45, 2.75) is 12.5 Å². The predicted octanol–water partition coefficient (Wildman–Crippen LogP) is 1.55. The minimum Gasteiger partial charge on any atom is -0.496 e. The Balaban J connectivity index is 3.12. The monoisotopic (exact) mass is 222 g/mol. The molecule has 0 saturated heterocycles. The smallest absolute Gasteiger partial charge is 0.273 e. The Kier molecular flexibility index (Phi) is 3.80. The first-order valence-electron chi connectivity index (χ1n) is 4.47. The van der Waals surface area contributed by atoms with Crippen LogP contribution in [0.25, 0.3) is 0 Å². The number of ether oxygens (including phenoxy) is 1. The lowest BCUT2D eigenvalue weighted by Crippen LogP contribution is -2.00. The molecule has 1 N–H and O–H groups in total. The van der Waals surface area contributed by atoms with Gasteiger partial charge in [-0.05, 0) is 6.07 Å². The van der Waals surface area contributed by atoms with E-state index in [4.69, 9.17) is 10.00 Å². The van der Waals surface area contributed by atoms with Crippen molar-refractivity contribution in [2.24, 2.45) is 0 Å². The molecule has 0 bridgehead atoms. The Bertz CT molecular complexity index is 439. The van der Waals surface area contributed by atoms with E-state index in [1.807, 2.05) is 6.07 Å². The Morgan fingerprint density at radius 1 is 1.69 bits per heavy atom. The van der Waals surface area contributed by atoms with Crippen molar-refractivity contribution >= 4 is 5.69 Å². The lowest BCUT2D eigenvalue weighted by molar-refractivity contribution is -0.384. The summed E-state index contributed by atoms with van der Waals surface area (Å²) in [7, 11) is 1.35. The van der Waals surface area contributed by atoms with Gasteiger partial charge in [0.15, 0.2) is 0 Å². The molecule has 1 rings (SSSR count). The number of nitriles is 1. The van der Waals surface area contributed by atoms with Gasteiger partial charge in [-0.2, -0.15) is 5.26 Å². The molecule has 1 atom stereocenters. The molecule has 84 valence electrons. The maximum absolute atomic E-state index is 10.5. The normalized spacial score (nSPS) is 11.6. The van der Waals surface area contributed by atoms with E-state index in [0.717, 1.165) is 0 Å². The number of nitrogens with zero attached hydrogens (tertiary/aromatic N) is 2. The van der Waals surface area contributed by atoms with Crippen LogP contribution in [-0.2, 0) is 0 Å². The fraction of sp³-hybridized carbons (Fsp3) is 0.300. The fourth-order valence-electron chi connectivity index (χ4n) is 1.29. The van der Waals surface area contributed by atoms with E-state index in [1.54, 1.807) is 0 Å². The zero-order chi connectivity index (χ0) is 12.1. The van der Waals surface area contributed by atoms with Gasteiger partial charge in [-0.3, -0.25) is 10.1 Å². The van der Waals surface area contributed by atoms with Crippen LogP contribution < -0.4 is 4.74 Å². The molecule has 1 unspecified atom stereocenters. The largest absolute Gasteiger partial charge is 0.496 e. The molecule has 0 aromatic heterocycles. The van der Waals surface area contributed by atoms with Crippen molar-refractivity contribution in [1.82, 2.24) is 0 Å². The molecule has 1 aromatic carbocycles. The van der Waals surface area contributed by atoms with Gasteiger partial charge < -0.3 is 9.84 Å². The summed E-state index contributed by atoms with van der Waals surface area (Å²) in [6, 6.07) is 5.68. The number of benzene rings is 1. The van der Waals surface area contributed by atoms with Gasteiger partial charge in [0.05, 0.1) is 36.7 Å². The quantitative estimate of drug-likeness (QED) is 0.615. The molecule has 0 aliphatic rings. The zero-order valence-electron chi connectivity index (χ0n) is 8.58. The number of methoxy groups -OCH3 is 1. The van der Waals surface area contributed by atoms with Gasteiger partial charge in [0.2, 0.25) is 0 Å². The van der Waals surface area contributed by atoms with E-state index in [2.05, 4.69) is 0 Å². The minimum atomic E-state index is -0.999. The van der Waals surface area contributed by atoms with Crippen molar-refractivity contribution in [3.63, 3.8) is 0 Å². The molecule has 0 amide bonds. The molecule has 6 nitrogen and oxygen atoms in total. The van der Waals surface area contributed by atoms with Crippen LogP contribution in [0.15, 0.2) is 18.2 Å². The van der Waals surface area contributed by atoms with Crippen molar-refractivity contribution in [3.8, 4) is 11.8 Å². The van der Waals surface area contributed by atoms with Crippen LogP contribution in [0.5, 0.6) is 5.75 Å². The van der Waals surface area contributed by atoms with Crippen molar-refractivity contribution in [2.75, 3.05) is 7.11 Å². The Morgan fingerprint density at radius 2 is 2.38 bits per heavy atom. The summed E-state index contributed by atoms with van der Waals surface area (Å²) < 4.78 is 4.93. The molecule has 1 aromatic rings. The zero-order valence-corrected chi connectivity index (χ0v) is 8.58. The maximum atomic E-state index is 10.5. The second-order valence-corrected chi connectivity index (χ2v) is 3.06. The second kappa shape index (κ2) is 5.09. The highest BCUT2D eigenvalue weighted by Gasteiger charge is 2.16. The van der Waals surface area contributed by atoms with Crippen molar-refractivity contribution in [3.05, 3.63) is 33.9 Å². The summed E-state index contributed by atoms with van der Waals surface area (Å²) in [6.45, 7) is 0. The fourth-order valence-corrected chi connectivity index (χ4v) is 1.29. The summed E-state index contributed by atoms with van der Waals surface area (Å²) in [5.74, 6) is 0.206. The summed E-state index contributed by atoms with van der Waals surface area (Å²) >= 11 is 0. The van der Waals surface area contributed by atoms with E-state index in [-0.39, 0.29) is 17.9 Å². The van der Waals surface area contributed by atoms with Crippen LogP contribution in [0.2, 0.25) is 0 Å². The number of nitro groups is 1. The topological polar surface area (TPSA) is 96.4 Å². The van der Waals surface area contributed by atoms with E-state index in [1.165, 1.54) is 25.3 Å². The minimum absolute atomic E-state index is 0.0891. The molecule has 0 aliphatic carbocycles. The average Bonchev–Trinajstić information content (AvgIpc) is 2.28. The number of nitro benzene ring substituents is 1. The third kappa shape index (κ3) is 2.46. The molecule has 0 fully saturated rings. The summed E-state index contributed by atoms with van der Waals surface area (Å²) in [5.41, 5.74) is 0.249. The first kappa shape index (κ1) is 11.9. The Morgan fingerprint density at radius 3 is 2.88 bits per heavy atom. The first-order valence-corrected chi connectivity index (χ1v) is 4.47. The summed E-state index contributed by atoms with van der Waals surface area (Å²) in [6.07, 6.45) is -1.09. The first-order chi connectivity index (χ1) is 7.60. The van der Waals surface area contributed by atoms with Crippen LogP contribution in [-0.4, -0.2) is 17.1 Å². The standard InChI is InChI=1S/C10H10N2O4/c1-16-10-6-7(12(14)15)2-3-8(10)9(13)4-5-11/h2-3,6,9,13H,4H2,1H3. The van der Waals surface area contributed by atoms with Gasteiger partial charge in [0, 0.05) is 11.6 Å². The predicted molar refractivity (Wildman–Crippen MR) is 54.8 cm³/mol. The highest BCUT2D eigenvalue weighted by atomic mass is 16.6. The summed E-state index contributed by atoms with van der Waals surface area (Å²) in [5, 5.41) is 28.5. The number of hydrogen-bond donors (Lipinski definition) is 1. The molecule has 0 spiro atoms. The molecular weight excluding hydrogens is 212 g/mol. The van der Waals surface area contributed by atoms with Crippen LogP contribution in [0, 0.1) is 21.4 Å². The van der Waals surface area contributed by atoms with E-state index in [9.17, 15) is 15.2 Å². The van der Waals surface area contributed by atoms with Gasteiger partial charge in [-0.15, -0.1) is 0 Å². The number of hydrogen-bond acceptors (Lipinski definition) is 5. The van der Waals surface area contributed by atoms with Gasteiger partial charge in [-0.25, -0.2) is 0 Å². The molecule has 0 radical (unpaired) electrons. The molecule has 0 saturated carbocycles. The number of aliphatic hydroxyl groups excluding tert-OH is 1. The lowest BCUT2D eigenvalue weighted by Gasteiger charge is -2.11. The Hall–Kier alpha value is -2.13. The lowest BCUT2D eigenvalue weighted by atomic mass is 10.1. The van der Waals surface area contributed by atoms with Crippen LogP contribution in [0.3, 0.4) is 0 Å². The van der Waals surface area contributed by atoms with Crippen LogP contribution in [0.1, 0.15) is 18.1 Å². The van der Waals surface area contributed by atoms with Crippen LogP contribution in [0.4, 0.5) is 5.69 Å². The second-order valence-electron chi connectivity index (χ2n) is 3.06. The van der Waals surface area contributed by atoms with Gasteiger partial charge in [-0.1, -0.05) is 0 Å². The average molecular weight is 222 g/mol. The van der Waals surface area contributed by atoms with Gasteiger partial charge >= 0.3 is 0 Å². The van der Waals surface area contributed by atoms with E-state index in [0.29, 0.717) is 5.56 Å². The van der Waals surface area contributed by atoms with Gasteiger partial charge in [0.1, 0.15) is 5.75 Å². The molecule has 0 heterocycles. The van der Waals surface area contributed by atoms with Crippen LogP contribution >= 0.6 is 0 Å². The Labute approximate surface area is 91.8 Å². The molecule has 6 heteroatoms. The number of aliphatic hydroxyl groups is 1. The van der Waals surface area contributed by atoms with Crippen molar-refractivity contribution < 1.29 is 14.8 Å². The molecular formula is C10H10N2O4.